The predicted molar refractivity (Wildman–Crippen MR) is 64.3 cm³/mol. The third kappa shape index (κ3) is 2.36. The van der Waals surface area contributed by atoms with Gasteiger partial charge in [-0.05, 0) is 24.8 Å². The molecular weight excluding hydrogens is 243 g/mol. The Bertz CT molecular complexity index is 455. The van der Waals surface area contributed by atoms with Crippen LogP contribution < -0.4 is 5.73 Å². The van der Waals surface area contributed by atoms with Crippen molar-refractivity contribution in [2.45, 2.75) is 25.3 Å². The molecule has 0 aliphatic heterocycles. The van der Waals surface area contributed by atoms with Crippen LogP contribution in [0, 0.1) is 23.1 Å². The maximum atomic E-state index is 13.2. The van der Waals surface area contributed by atoms with Crippen molar-refractivity contribution in [1.29, 1.82) is 5.26 Å². The van der Waals surface area contributed by atoms with Crippen molar-refractivity contribution in [1.82, 2.24) is 0 Å². The lowest BCUT2D eigenvalue weighted by Gasteiger charge is -2.31. The first-order valence-electron chi connectivity index (χ1n) is 5.32. The maximum absolute atomic E-state index is 13.2. The van der Waals surface area contributed by atoms with Crippen LogP contribution >= 0.6 is 12.4 Å². The van der Waals surface area contributed by atoms with Crippen LogP contribution in [0.3, 0.4) is 0 Å². The average Bonchev–Trinajstić information content (AvgIpc) is 2.15. The highest BCUT2D eigenvalue weighted by Gasteiger charge is 2.28. The highest BCUT2D eigenvalue weighted by atomic mass is 35.5. The molecule has 92 valence electrons. The Morgan fingerprint density at radius 2 is 2.12 bits per heavy atom. The van der Waals surface area contributed by atoms with Crippen LogP contribution in [0.5, 0.6) is 5.75 Å². The molecular formula is C12H14ClFN2O. The van der Waals surface area contributed by atoms with Crippen molar-refractivity contribution in [3.63, 3.8) is 0 Å². The Labute approximate surface area is 105 Å². The third-order valence-corrected chi connectivity index (χ3v) is 3.29. The van der Waals surface area contributed by atoms with Crippen LogP contribution in [-0.4, -0.2) is 5.11 Å². The van der Waals surface area contributed by atoms with Gasteiger partial charge >= 0.3 is 0 Å². The van der Waals surface area contributed by atoms with E-state index in [1.165, 1.54) is 12.1 Å². The van der Waals surface area contributed by atoms with E-state index < -0.39 is 5.82 Å². The molecule has 0 aromatic heterocycles. The molecule has 3 nitrogen and oxygen atoms in total. The molecule has 0 spiro atoms. The summed E-state index contributed by atoms with van der Waals surface area (Å²) in [5.74, 6) is -0.672. The number of aromatic hydroxyl groups is 1. The fourth-order valence-corrected chi connectivity index (χ4v) is 2.01. The molecule has 0 radical (unpaired) electrons. The fourth-order valence-electron chi connectivity index (χ4n) is 2.01. The number of rotatable bonds is 2. The normalized spacial score (nSPS) is 16.5. The van der Waals surface area contributed by atoms with Crippen LogP contribution in [-0.2, 0) is 0 Å². The zero-order valence-electron chi connectivity index (χ0n) is 9.19. The molecule has 0 saturated heterocycles. The molecule has 1 aliphatic rings. The van der Waals surface area contributed by atoms with E-state index in [4.69, 9.17) is 11.0 Å². The van der Waals surface area contributed by atoms with Gasteiger partial charge in [-0.3, -0.25) is 0 Å². The van der Waals surface area contributed by atoms with Crippen molar-refractivity contribution < 1.29 is 9.50 Å². The minimum atomic E-state index is -0.704. The van der Waals surface area contributed by atoms with E-state index in [-0.39, 0.29) is 29.8 Å². The number of nitriles is 1. The Morgan fingerprint density at radius 3 is 2.59 bits per heavy atom. The first-order chi connectivity index (χ1) is 7.65. The van der Waals surface area contributed by atoms with Crippen molar-refractivity contribution >= 4 is 12.4 Å². The summed E-state index contributed by atoms with van der Waals surface area (Å²) >= 11 is 0. The lowest BCUT2D eigenvalue weighted by atomic mass is 9.77. The van der Waals surface area contributed by atoms with Crippen LogP contribution in [0.15, 0.2) is 12.1 Å². The maximum Gasteiger partial charge on any atom is 0.144 e. The van der Waals surface area contributed by atoms with E-state index in [1.54, 1.807) is 6.07 Å². The van der Waals surface area contributed by atoms with E-state index in [0.717, 1.165) is 19.3 Å². The van der Waals surface area contributed by atoms with Gasteiger partial charge in [0.2, 0.25) is 0 Å². The van der Waals surface area contributed by atoms with Crippen molar-refractivity contribution in [2.75, 3.05) is 0 Å². The van der Waals surface area contributed by atoms with Gasteiger partial charge < -0.3 is 10.8 Å². The fraction of sp³-hybridized carbons (Fsp3) is 0.417. The predicted octanol–water partition coefficient (Wildman–Crippen LogP) is 2.62. The SMILES string of the molecule is Cl.N#Cc1c(F)ccc([C@H](N)C2CCC2)c1O. The standard InChI is InChI=1S/C12H13FN2O.ClH/c13-10-5-4-8(12(16)9(10)6-14)11(15)7-2-1-3-7;/h4-5,7,11,16H,1-3,15H2;1H/t11-;/m1./s1. The number of hydrogen-bond donors (Lipinski definition) is 2. The lowest BCUT2D eigenvalue weighted by Crippen LogP contribution is -2.27. The number of halogens is 2. The van der Waals surface area contributed by atoms with Gasteiger partial charge in [-0.2, -0.15) is 5.26 Å². The molecule has 3 N–H and O–H groups in total. The number of phenols is 1. The largest absolute Gasteiger partial charge is 0.506 e. The van der Waals surface area contributed by atoms with Gasteiger partial charge in [0.1, 0.15) is 23.2 Å². The number of hydrogen-bond acceptors (Lipinski definition) is 3. The minimum absolute atomic E-state index is 0. The van der Waals surface area contributed by atoms with Crippen molar-refractivity contribution in [2.24, 2.45) is 11.7 Å². The second kappa shape index (κ2) is 5.35. The topological polar surface area (TPSA) is 70.0 Å². The summed E-state index contributed by atoms with van der Waals surface area (Å²) in [6.07, 6.45) is 3.20. The number of benzene rings is 1. The molecule has 0 amide bonds. The van der Waals surface area contributed by atoms with Gasteiger partial charge in [-0.25, -0.2) is 4.39 Å². The van der Waals surface area contributed by atoms with Gasteiger partial charge in [0.25, 0.3) is 0 Å². The molecule has 1 aromatic rings. The highest BCUT2D eigenvalue weighted by Crippen LogP contribution is 2.40. The van der Waals surface area contributed by atoms with Gasteiger partial charge in [0.15, 0.2) is 0 Å². The van der Waals surface area contributed by atoms with Gasteiger partial charge in [0.05, 0.1) is 0 Å². The molecule has 1 fully saturated rings. The Balaban J connectivity index is 0.00000144. The van der Waals surface area contributed by atoms with Crippen molar-refractivity contribution in [3.8, 4) is 11.8 Å². The zero-order chi connectivity index (χ0) is 11.7. The molecule has 0 heterocycles. The molecule has 1 aromatic carbocycles. The van der Waals surface area contributed by atoms with E-state index in [1.807, 2.05) is 0 Å². The Hall–Kier alpha value is -1.31. The molecule has 0 unspecified atom stereocenters. The molecule has 17 heavy (non-hydrogen) atoms. The second-order valence-electron chi connectivity index (χ2n) is 4.19. The summed E-state index contributed by atoms with van der Waals surface area (Å²) in [6.45, 7) is 0. The lowest BCUT2D eigenvalue weighted by molar-refractivity contribution is 0.260. The summed E-state index contributed by atoms with van der Waals surface area (Å²) in [7, 11) is 0. The highest BCUT2D eigenvalue weighted by molar-refractivity contribution is 5.85. The number of phenolic OH excluding ortho intramolecular Hbond substituents is 1. The molecule has 5 heteroatoms. The average molecular weight is 257 g/mol. The molecule has 1 aliphatic carbocycles. The van der Waals surface area contributed by atoms with Crippen LogP contribution in [0.25, 0.3) is 0 Å². The molecule has 2 rings (SSSR count). The molecule has 1 saturated carbocycles. The van der Waals surface area contributed by atoms with Crippen LogP contribution in [0.4, 0.5) is 4.39 Å². The summed E-state index contributed by atoms with van der Waals surface area (Å²) in [4.78, 5) is 0. The quantitative estimate of drug-likeness (QED) is 0.855. The van der Waals surface area contributed by atoms with E-state index in [2.05, 4.69) is 0 Å². The Kier molecular flexibility index (Phi) is 4.33. The van der Waals surface area contributed by atoms with Crippen LogP contribution in [0.1, 0.15) is 36.4 Å². The molecule has 0 bridgehead atoms. The molecule has 1 atom stereocenters. The third-order valence-electron chi connectivity index (χ3n) is 3.29. The summed E-state index contributed by atoms with van der Waals surface area (Å²) in [5.41, 5.74) is 6.14. The number of nitrogens with zero attached hydrogens (tertiary/aromatic N) is 1. The smallest absolute Gasteiger partial charge is 0.144 e. The monoisotopic (exact) mass is 256 g/mol. The summed E-state index contributed by atoms with van der Waals surface area (Å²) in [5, 5.41) is 18.5. The first kappa shape index (κ1) is 13.8. The number of nitrogens with two attached hydrogens (primary N) is 1. The second-order valence-corrected chi connectivity index (χ2v) is 4.19. The van der Waals surface area contributed by atoms with E-state index in [9.17, 15) is 9.50 Å². The minimum Gasteiger partial charge on any atom is -0.506 e. The van der Waals surface area contributed by atoms with Crippen molar-refractivity contribution in [3.05, 3.63) is 29.1 Å². The Morgan fingerprint density at radius 1 is 1.47 bits per heavy atom. The first-order valence-corrected chi connectivity index (χ1v) is 5.32. The van der Waals surface area contributed by atoms with Gasteiger partial charge in [-0.1, -0.05) is 12.5 Å². The van der Waals surface area contributed by atoms with E-state index in [0.29, 0.717) is 11.5 Å². The zero-order valence-corrected chi connectivity index (χ0v) is 10.0. The summed E-state index contributed by atoms with van der Waals surface area (Å²) < 4.78 is 13.2. The summed E-state index contributed by atoms with van der Waals surface area (Å²) in [6, 6.07) is 4.00. The van der Waals surface area contributed by atoms with Crippen LogP contribution in [0.2, 0.25) is 0 Å². The van der Waals surface area contributed by atoms with E-state index >= 15 is 0 Å². The van der Waals surface area contributed by atoms with Gasteiger partial charge in [0, 0.05) is 11.6 Å². The van der Waals surface area contributed by atoms with Gasteiger partial charge in [-0.15, -0.1) is 12.4 Å².